The summed E-state index contributed by atoms with van der Waals surface area (Å²) in [6.07, 6.45) is -0.945. The molecule has 274 valence electrons. The van der Waals surface area contributed by atoms with Crippen LogP contribution in [0.5, 0.6) is 11.5 Å². The van der Waals surface area contributed by atoms with E-state index in [0.29, 0.717) is 6.54 Å². The molecule has 2 N–H and O–H groups in total. The summed E-state index contributed by atoms with van der Waals surface area (Å²) in [6.45, 7) is 7.69. The first-order chi connectivity index (χ1) is 25.1. The van der Waals surface area contributed by atoms with Crippen molar-refractivity contribution in [2.24, 2.45) is 5.92 Å². The highest BCUT2D eigenvalue weighted by molar-refractivity contribution is 5.82. The van der Waals surface area contributed by atoms with Crippen LogP contribution in [0.25, 0.3) is 11.1 Å². The van der Waals surface area contributed by atoms with Gasteiger partial charge in [0.1, 0.15) is 0 Å². The highest BCUT2D eigenvalue weighted by Gasteiger charge is 2.39. The lowest BCUT2D eigenvalue weighted by Gasteiger charge is -2.43. The van der Waals surface area contributed by atoms with Crippen molar-refractivity contribution in [2.45, 2.75) is 71.5 Å². The molecule has 10 nitrogen and oxygen atoms in total. The van der Waals surface area contributed by atoms with Gasteiger partial charge in [0, 0.05) is 44.6 Å². The van der Waals surface area contributed by atoms with E-state index in [0.717, 1.165) is 70.9 Å². The molecule has 0 saturated carbocycles. The predicted molar refractivity (Wildman–Crippen MR) is 196 cm³/mol. The molecule has 6 rings (SSSR count). The van der Waals surface area contributed by atoms with Crippen molar-refractivity contribution >= 4 is 11.9 Å². The van der Waals surface area contributed by atoms with Gasteiger partial charge in [-0.3, -0.25) is 14.5 Å². The van der Waals surface area contributed by atoms with Crippen LogP contribution in [0.1, 0.15) is 66.5 Å². The topological polar surface area (TPSA) is 116 Å². The van der Waals surface area contributed by atoms with Crippen molar-refractivity contribution in [2.75, 3.05) is 27.3 Å². The number of hydrogen-bond acceptors (Lipinski definition) is 9. The number of ether oxygens (including phenoxy) is 5. The zero-order valence-corrected chi connectivity index (χ0v) is 30.5. The number of nitrogens with one attached hydrogen (secondary N) is 1. The highest BCUT2D eigenvalue weighted by Crippen LogP contribution is 2.43. The van der Waals surface area contributed by atoms with Crippen LogP contribution in [0.4, 0.5) is 0 Å². The second-order valence-corrected chi connectivity index (χ2v) is 13.6. The maximum Gasteiger partial charge on any atom is 0.303 e. The van der Waals surface area contributed by atoms with Crippen molar-refractivity contribution < 1.29 is 38.4 Å². The van der Waals surface area contributed by atoms with E-state index >= 15 is 0 Å². The SMILES string of the molecule is COc1cc2c(cc1OC)CN(CC1OC(c3cccc(-c4cccc(CNC(=O)C(C)OC(C)=O)c4)c3)OC(c3ccc(CO)cc3)C1C)CC2. The number of benzene rings is 4. The van der Waals surface area contributed by atoms with Gasteiger partial charge in [-0.2, -0.15) is 0 Å². The molecule has 4 aromatic rings. The van der Waals surface area contributed by atoms with E-state index in [1.54, 1.807) is 21.1 Å². The number of carbonyl (C=O) groups excluding carboxylic acids is 2. The third-order valence-electron chi connectivity index (χ3n) is 9.96. The van der Waals surface area contributed by atoms with Crippen LogP contribution in [-0.2, 0) is 49.9 Å². The summed E-state index contributed by atoms with van der Waals surface area (Å²) in [7, 11) is 3.33. The predicted octanol–water partition coefficient (Wildman–Crippen LogP) is 6.28. The van der Waals surface area contributed by atoms with Crippen LogP contribution < -0.4 is 14.8 Å². The molecular formula is C42H48N2O8. The van der Waals surface area contributed by atoms with Gasteiger partial charge < -0.3 is 34.1 Å². The summed E-state index contributed by atoms with van der Waals surface area (Å²) in [5.74, 6) is 0.672. The van der Waals surface area contributed by atoms with E-state index in [1.165, 1.54) is 18.1 Å². The zero-order chi connectivity index (χ0) is 36.8. The quantitative estimate of drug-likeness (QED) is 0.164. The second kappa shape index (κ2) is 16.7. The van der Waals surface area contributed by atoms with Crippen molar-refractivity contribution in [3.05, 3.63) is 118 Å². The first-order valence-electron chi connectivity index (χ1n) is 17.8. The third kappa shape index (κ3) is 8.65. The van der Waals surface area contributed by atoms with Gasteiger partial charge in [-0.05, 0) is 76.6 Å². The Morgan fingerprint density at radius 1 is 0.885 bits per heavy atom. The lowest BCUT2D eigenvalue weighted by atomic mass is 9.89. The molecule has 2 aliphatic rings. The average molecular weight is 709 g/mol. The minimum Gasteiger partial charge on any atom is -0.493 e. The van der Waals surface area contributed by atoms with Crippen molar-refractivity contribution in [3.63, 3.8) is 0 Å². The number of fused-ring (bicyclic) bond motifs is 1. The largest absolute Gasteiger partial charge is 0.493 e. The van der Waals surface area contributed by atoms with Crippen LogP contribution in [0.2, 0.25) is 0 Å². The Labute approximate surface area is 305 Å². The molecule has 5 atom stereocenters. The Hall–Kier alpha value is -4.74. The van der Waals surface area contributed by atoms with Gasteiger partial charge >= 0.3 is 5.97 Å². The van der Waals surface area contributed by atoms with Crippen molar-refractivity contribution in [1.29, 1.82) is 0 Å². The monoisotopic (exact) mass is 708 g/mol. The van der Waals surface area contributed by atoms with Crippen LogP contribution in [0.15, 0.2) is 84.9 Å². The maximum absolute atomic E-state index is 12.4. The number of aliphatic hydroxyl groups excluding tert-OH is 1. The molecule has 0 aliphatic carbocycles. The van der Waals surface area contributed by atoms with E-state index in [9.17, 15) is 14.7 Å². The molecule has 0 radical (unpaired) electrons. The first kappa shape index (κ1) is 37.0. The molecule has 1 amide bonds. The number of rotatable bonds is 12. The smallest absolute Gasteiger partial charge is 0.303 e. The van der Waals surface area contributed by atoms with E-state index < -0.39 is 18.4 Å². The van der Waals surface area contributed by atoms with Crippen LogP contribution in [0.3, 0.4) is 0 Å². The number of aliphatic hydroxyl groups is 1. The van der Waals surface area contributed by atoms with Gasteiger partial charge in [-0.25, -0.2) is 0 Å². The lowest BCUT2D eigenvalue weighted by Crippen LogP contribution is -2.45. The molecule has 0 spiro atoms. The number of carbonyl (C=O) groups is 2. The molecule has 1 saturated heterocycles. The highest BCUT2D eigenvalue weighted by atomic mass is 16.7. The molecule has 2 aliphatic heterocycles. The molecule has 10 heteroatoms. The fourth-order valence-electron chi connectivity index (χ4n) is 7.04. The van der Waals surface area contributed by atoms with Crippen molar-refractivity contribution in [1.82, 2.24) is 10.2 Å². The minimum absolute atomic E-state index is 0.0173. The van der Waals surface area contributed by atoms with Crippen molar-refractivity contribution in [3.8, 4) is 22.6 Å². The van der Waals surface area contributed by atoms with Crippen LogP contribution in [0, 0.1) is 5.92 Å². The Kier molecular flexibility index (Phi) is 11.9. The van der Waals surface area contributed by atoms with Gasteiger partial charge in [0.2, 0.25) is 0 Å². The normalized spacial score (nSPS) is 20.7. The number of amides is 1. The van der Waals surface area contributed by atoms with Gasteiger partial charge in [-0.15, -0.1) is 0 Å². The Balaban J connectivity index is 1.23. The number of esters is 1. The second-order valence-electron chi connectivity index (χ2n) is 13.6. The van der Waals surface area contributed by atoms with Crippen LogP contribution >= 0.6 is 0 Å². The minimum atomic E-state index is -0.866. The standard InChI is InChI=1S/C42H48N2O8/c1-26-39(24-44-17-16-34-20-37(48-4)38(49-5)21-36(34)23-44)51-42(52-40(26)31-14-12-29(25-45)13-15-31)35-11-7-10-33(19-35)32-9-6-8-30(18-32)22-43-41(47)27(2)50-28(3)46/h6-15,18-21,26-27,39-40,42,45H,16-17,22-25H2,1-5H3,(H,43,47). The van der Waals surface area contributed by atoms with E-state index in [1.807, 2.05) is 66.7 Å². The number of hydrogen-bond donors (Lipinski definition) is 2. The third-order valence-corrected chi connectivity index (χ3v) is 9.96. The zero-order valence-electron chi connectivity index (χ0n) is 30.5. The number of nitrogens with zero attached hydrogens (tertiary/aromatic N) is 1. The summed E-state index contributed by atoms with van der Waals surface area (Å²) in [5, 5.41) is 12.5. The molecule has 4 aromatic carbocycles. The summed E-state index contributed by atoms with van der Waals surface area (Å²) < 4.78 is 29.8. The summed E-state index contributed by atoms with van der Waals surface area (Å²) in [5.41, 5.74) is 8.18. The van der Waals surface area contributed by atoms with Gasteiger partial charge in [-0.1, -0.05) is 67.6 Å². The molecular weight excluding hydrogens is 660 g/mol. The first-order valence-corrected chi connectivity index (χ1v) is 17.8. The molecule has 0 bridgehead atoms. The van der Waals surface area contributed by atoms with E-state index in [2.05, 4.69) is 35.3 Å². The summed E-state index contributed by atoms with van der Waals surface area (Å²) in [4.78, 5) is 26.1. The fraction of sp³-hybridized carbons (Fsp3) is 0.381. The van der Waals surface area contributed by atoms with Crippen LogP contribution in [-0.4, -0.2) is 61.4 Å². The Morgan fingerprint density at radius 2 is 1.58 bits per heavy atom. The summed E-state index contributed by atoms with van der Waals surface area (Å²) >= 11 is 0. The fourth-order valence-corrected chi connectivity index (χ4v) is 7.04. The van der Waals surface area contributed by atoms with Gasteiger partial charge in [0.25, 0.3) is 5.91 Å². The molecule has 0 aromatic heterocycles. The van der Waals surface area contributed by atoms with Gasteiger partial charge in [0.15, 0.2) is 23.9 Å². The van der Waals surface area contributed by atoms with E-state index in [4.69, 9.17) is 23.7 Å². The summed E-state index contributed by atoms with van der Waals surface area (Å²) in [6, 6.07) is 28.3. The maximum atomic E-state index is 12.4. The van der Waals surface area contributed by atoms with E-state index in [-0.39, 0.29) is 30.6 Å². The molecule has 2 heterocycles. The van der Waals surface area contributed by atoms with Gasteiger partial charge in [0.05, 0.1) is 33.0 Å². The molecule has 1 fully saturated rings. The molecule has 5 unspecified atom stereocenters. The molecule has 52 heavy (non-hydrogen) atoms. The average Bonchev–Trinajstić information content (AvgIpc) is 3.17. The Bertz CT molecular complexity index is 1860. The lowest BCUT2D eigenvalue weighted by molar-refractivity contribution is -0.276. The number of methoxy groups -OCH3 is 2. The Morgan fingerprint density at radius 3 is 2.27 bits per heavy atom.